The monoisotopic (exact) mass is 412 g/mol. The number of thioether (sulfide) groups is 1. The van der Waals surface area contributed by atoms with E-state index in [1.807, 2.05) is 37.2 Å². The van der Waals surface area contributed by atoms with Gasteiger partial charge in [0.15, 0.2) is 0 Å². The molecule has 24 heavy (non-hydrogen) atoms. The summed E-state index contributed by atoms with van der Waals surface area (Å²) >= 11 is 4.30. The van der Waals surface area contributed by atoms with Crippen molar-refractivity contribution in [3.05, 3.63) is 33.1 Å². The van der Waals surface area contributed by atoms with E-state index >= 15 is 0 Å². The fraction of sp³-hybridized carbons (Fsp3) is 0.312. The number of carbonyl (C=O) groups excluding carboxylic acids is 3. The second kappa shape index (κ2) is 7.40. The van der Waals surface area contributed by atoms with Crippen molar-refractivity contribution < 1.29 is 19.1 Å². The fourth-order valence-electron chi connectivity index (χ4n) is 2.22. The van der Waals surface area contributed by atoms with Crippen LogP contribution < -0.4 is 4.90 Å². The number of benzene rings is 1. The second-order valence-corrected chi connectivity index (χ2v) is 7.20. The standard InChI is InChI=1S/C16H17BrN2O4S/c1-9(15(21)23-4)19-14(20)13(24-16(19)22)8-10-5-6-12(18(2)3)11(17)7-10/h5-9H,1-4H3/b13-8+/t9-/m1/s1. The highest BCUT2D eigenvalue weighted by Crippen LogP contribution is 2.35. The Morgan fingerprint density at radius 3 is 2.58 bits per heavy atom. The molecule has 0 unspecified atom stereocenters. The van der Waals surface area contributed by atoms with E-state index in [0.29, 0.717) is 0 Å². The summed E-state index contributed by atoms with van der Waals surface area (Å²) in [5.74, 6) is -1.12. The van der Waals surface area contributed by atoms with Crippen LogP contribution >= 0.6 is 27.7 Å². The molecule has 0 radical (unpaired) electrons. The molecule has 0 aliphatic carbocycles. The molecule has 0 bridgehead atoms. The van der Waals surface area contributed by atoms with E-state index in [-0.39, 0.29) is 4.91 Å². The molecule has 1 heterocycles. The number of rotatable bonds is 4. The number of anilines is 1. The first-order valence-corrected chi connectivity index (χ1v) is 8.69. The Morgan fingerprint density at radius 2 is 2.04 bits per heavy atom. The first-order valence-electron chi connectivity index (χ1n) is 7.08. The molecule has 1 aliphatic rings. The molecule has 1 fully saturated rings. The molecule has 6 nitrogen and oxygen atoms in total. The maximum atomic E-state index is 12.4. The van der Waals surface area contributed by atoms with Gasteiger partial charge in [-0.2, -0.15) is 0 Å². The van der Waals surface area contributed by atoms with Gasteiger partial charge in [0.1, 0.15) is 6.04 Å². The number of hydrogen-bond donors (Lipinski definition) is 0. The van der Waals surface area contributed by atoms with Gasteiger partial charge in [0.25, 0.3) is 11.1 Å². The summed E-state index contributed by atoms with van der Waals surface area (Å²) in [5, 5.41) is -0.479. The summed E-state index contributed by atoms with van der Waals surface area (Å²) < 4.78 is 5.48. The van der Waals surface area contributed by atoms with Crippen molar-refractivity contribution in [3.63, 3.8) is 0 Å². The van der Waals surface area contributed by atoms with Gasteiger partial charge in [-0.05, 0) is 58.4 Å². The lowest BCUT2D eigenvalue weighted by molar-refractivity contribution is -0.148. The highest BCUT2D eigenvalue weighted by atomic mass is 79.9. The number of imide groups is 1. The largest absolute Gasteiger partial charge is 0.467 e. The molecule has 1 saturated heterocycles. The number of halogens is 1. The van der Waals surface area contributed by atoms with Gasteiger partial charge in [-0.25, -0.2) is 4.79 Å². The van der Waals surface area contributed by atoms with Gasteiger partial charge in [0, 0.05) is 18.6 Å². The molecule has 0 N–H and O–H groups in total. The molecule has 1 atom stereocenters. The number of methoxy groups -OCH3 is 1. The van der Waals surface area contributed by atoms with Gasteiger partial charge >= 0.3 is 5.97 Å². The third-order valence-electron chi connectivity index (χ3n) is 3.50. The normalized spacial score (nSPS) is 17.4. The summed E-state index contributed by atoms with van der Waals surface area (Å²) in [6, 6.07) is 4.69. The van der Waals surface area contributed by atoms with Crippen LogP contribution in [-0.2, 0) is 14.3 Å². The summed E-state index contributed by atoms with van der Waals surface area (Å²) in [7, 11) is 5.08. The van der Waals surface area contributed by atoms with Crippen molar-refractivity contribution in [1.82, 2.24) is 4.90 Å². The summed E-state index contributed by atoms with van der Waals surface area (Å²) in [6.07, 6.45) is 1.64. The van der Waals surface area contributed by atoms with Crippen LogP contribution in [0.3, 0.4) is 0 Å². The van der Waals surface area contributed by atoms with Gasteiger partial charge in [-0.15, -0.1) is 0 Å². The average Bonchev–Trinajstić information content (AvgIpc) is 2.79. The van der Waals surface area contributed by atoms with E-state index in [2.05, 4.69) is 20.7 Å². The number of hydrogen-bond acceptors (Lipinski definition) is 6. The lowest BCUT2D eigenvalue weighted by atomic mass is 10.1. The van der Waals surface area contributed by atoms with Crippen LogP contribution in [0.4, 0.5) is 10.5 Å². The molecule has 0 aromatic heterocycles. The minimum atomic E-state index is -0.948. The molecule has 2 amide bonds. The summed E-state index contributed by atoms with van der Waals surface area (Å²) in [6.45, 7) is 1.47. The molecule has 128 valence electrons. The zero-order chi connectivity index (χ0) is 18.0. The summed E-state index contributed by atoms with van der Waals surface area (Å²) in [4.78, 5) is 39.2. The van der Waals surface area contributed by atoms with Gasteiger partial charge in [0.05, 0.1) is 17.7 Å². The Morgan fingerprint density at radius 1 is 1.38 bits per heavy atom. The van der Waals surface area contributed by atoms with Crippen LogP contribution in [0.25, 0.3) is 6.08 Å². The zero-order valence-electron chi connectivity index (χ0n) is 13.7. The van der Waals surface area contributed by atoms with Gasteiger partial charge in [-0.1, -0.05) is 6.07 Å². The Labute approximate surface area is 152 Å². The second-order valence-electron chi connectivity index (χ2n) is 5.36. The van der Waals surface area contributed by atoms with Crippen LogP contribution in [0, 0.1) is 0 Å². The maximum absolute atomic E-state index is 12.4. The quantitative estimate of drug-likeness (QED) is 0.558. The Kier molecular flexibility index (Phi) is 5.71. The SMILES string of the molecule is COC(=O)[C@@H](C)N1C(=O)S/C(=C/c2ccc(N(C)C)c(Br)c2)C1=O. The van der Waals surface area contributed by atoms with Crippen molar-refractivity contribution in [1.29, 1.82) is 0 Å². The van der Waals surface area contributed by atoms with Crippen LogP contribution in [0.2, 0.25) is 0 Å². The minimum absolute atomic E-state index is 0.278. The molecule has 1 aliphatic heterocycles. The number of amides is 2. The molecule has 0 spiro atoms. The minimum Gasteiger partial charge on any atom is -0.467 e. The van der Waals surface area contributed by atoms with E-state index in [0.717, 1.165) is 32.4 Å². The highest BCUT2D eigenvalue weighted by Gasteiger charge is 2.41. The molecule has 1 aromatic carbocycles. The van der Waals surface area contributed by atoms with Gasteiger partial charge < -0.3 is 9.64 Å². The van der Waals surface area contributed by atoms with Crippen molar-refractivity contribution in [2.75, 3.05) is 26.1 Å². The Hall–Kier alpha value is -1.80. The van der Waals surface area contributed by atoms with Crippen LogP contribution in [-0.4, -0.2) is 49.3 Å². The van der Waals surface area contributed by atoms with Crippen LogP contribution in [0.5, 0.6) is 0 Å². The molecular weight excluding hydrogens is 396 g/mol. The number of carbonyl (C=O) groups is 3. The van der Waals surface area contributed by atoms with Crippen LogP contribution in [0.15, 0.2) is 27.6 Å². The highest BCUT2D eigenvalue weighted by molar-refractivity contribution is 9.10. The molecule has 0 saturated carbocycles. The topological polar surface area (TPSA) is 66.9 Å². The zero-order valence-corrected chi connectivity index (χ0v) is 16.1. The van der Waals surface area contributed by atoms with E-state index in [4.69, 9.17) is 0 Å². The van der Waals surface area contributed by atoms with Crippen molar-refractivity contribution >= 4 is 56.6 Å². The first-order chi connectivity index (χ1) is 11.3. The van der Waals surface area contributed by atoms with E-state index < -0.39 is 23.2 Å². The number of esters is 1. The summed E-state index contributed by atoms with van der Waals surface area (Å²) in [5.41, 5.74) is 1.78. The van der Waals surface area contributed by atoms with E-state index in [9.17, 15) is 14.4 Å². The third kappa shape index (κ3) is 3.64. The van der Waals surface area contributed by atoms with Crippen molar-refractivity contribution in [3.8, 4) is 0 Å². The lowest BCUT2D eigenvalue weighted by Gasteiger charge is -2.18. The third-order valence-corrected chi connectivity index (χ3v) is 5.02. The smallest absolute Gasteiger partial charge is 0.328 e. The van der Waals surface area contributed by atoms with Crippen molar-refractivity contribution in [2.45, 2.75) is 13.0 Å². The first kappa shape index (κ1) is 18.5. The Balaban J connectivity index is 2.29. The lowest BCUT2D eigenvalue weighted by Crippen LogP contribution is -2.42. The van der Waals surface area contributed by atoms with Crippen LogP contribution in [0.1, 0.15) is 12.5 Å². The van der Waals surface area contributed by atoms with Gasteiger partial charge in [-0.3, -0.25) is 14.5 Å². The number of ether oxygens (including phenoxy) is 1. The Bertz CT molecular complexity index is 733. The molecular formula is C16H17BrN2O4S. The molecule has 8 heteroatoms. The average molecular weight is 413 g/mol. The predicted octanol–water partition coefficient (Wildman–Crippen LogP) is 3.11. The van der Waals surface area contributed by atoms with Crippen molar-refractivity contribution in [2.24, 2.45) is 0 Å². The van der Waals surface area contributed by atoms with E-state index in [1.165, 1.54) is 14.0 Å². The predicted molar refractivity (Wildman–Crippen MR) is 97.8 cm³/mol. The van der Waals surface area contributed by atoms with E-state index in [1.54, 1.807) is 6.08 Å². The maximum Gasteiger partial charge on any atom is 0.328 e. The molecule has 1 aromatic rings. The van der Waals surface area contributed by atoms with Gasteiger partial charge in [0.2, 0.25) is 0 Å². The fourth-order valence-corrected chi connectivity index (χ4v) is 3.88. The molecule has 2 rings (SSSR count). The number of nitrogens with zero attached hydrogens (tertiary/aromatic N) is 2.